The minimum Gasteiger partial charge on any atom is -0.481 e. The van der Waals surface area contributed by atoms with Crippen molar-refractivity contribution in [2.45, 2.75) is 31.7 Å². The zero-order valence-corrected chi connectivity index (χ0v) is 12.5. The summed E-state index contributed by atoms with van der Waals surface area (Å²) in [6, 6.07) is 0.0767. The smallest absolute Gasteiger partial charge is 0.304 e. The van der Waals surface area contributed by atoms with Crippen molar-refractivity contribution in [3.8, 4) is 0 Å². The fourth-order valence-electron chi connectivity index (χ4n) is 2.32. The Hall–Kier alpha value is -0.700. The van der Waals surface area contributed by atoms with E-state index in [1.54, 1.807) is 0 Å². The van der Waals surface area contributed by atoms with E-state index in [0.29, 0.717) is 19.8 Å². The first kappa shape index (κ1) is 15.7. The quantitative estimate of drug-likeness (QED) is 0.689. The highest BCUT2D eigenvalue weighted by atomic mass is 32.2. The van der Waals surface area contributed by atoms with Crippen LogP contribution in [0, 0.1) is 5.92 Å². The van der Waals surface area contributed by atoms with Crippen molar-refractivity contribution in [3.63, 3.8) is 0 Å². The summed E-state index contributed by atoms with van der Waals surface area (Å²) in [5, 5.41) is 8.67. The summed E-state index contributed by atoms with van der Waals surface area (Å²) >= 11 is 0. The van der Waals surface area contributed by atoms with Crippen LogP contribution in [0.15, 0.2) is 0 Å². The molecule has 20 heavy (non-hydrogen) atoms. The molecule has 116 valence electrons. The molecular weight excluding hydrogens is 284 g/mol. The maximum Gasteiger partial charge on any atom is 0.304 e. The number of hydrogen-bond donors (Lipinski definition) is 1. The first-order valence-electron chi connectivity index (χ1n) is 6.94. The van der Waals surface area contributed by atoms with Gasteiger partial charge in [0.1, 0.15) is 0 Å². The molecule has 8 heteroatoms. The number of aliphatic carboxylic acids is 1. The molecule has 0 aromatic heterocycles. The molecule has 1 saturated carbocycles. The van der Waals surface area contributed by atoms with E-state index >= 15 is 0 Å². The molecule has 1 heterocycles. The number of hydrogen-bond acceptors (Lipinski definition) is 4. The van der Waals surface area contributed by atoms with Gasteiger partial charge in [-0.1, -0.05) is 0 Å². The molecule has 1 N–H and O–H groups in total. The Kier molecular flexibility index (Phi) is 5.00. The Morgan fingerprint density at radius 1 is 1.35 bits per heavy atom. The van der Waals surface area contributed by atoms with E-state index in [9.17, 15) is 13.2 Å². The predicted molar refractivity (Wildman–Crippen MR) is 72.5 cm³/mol. The second-order valence-electron chi connectivity index (χ2n) is 5.50. The van der Waals surface area contributed by atoms with Crippen LogP contribution in [0.1, 0.15) is 25.7 Å². The van der Waals surface area contributed by atoms with Crippen LogP contribution < -0.4 is 0 Å². The molecule has 7 nitrogen and oxygen atoms in total. The first-order chi connectivity index (χ1) is 9.41. The van der Waals surface area contributed by atoms with Crippen LogP contribution in [0.4, 0.5) is 0 Å². The van der Waals surface area contributed by atoms with Gasteiger partial charge in [0.15, 0.2) is 0 Å². The van der Waals surface area contributed by atoms with Gasteiger partial charge in [-0.05, 0) is 25.2 Å². The second kappa shape index (κ2) is 6.38. The van der Waals surface area contributed by atoms with Gasteiger partial charge in [-0.2, -0.15) is 17.0 Å². The number of ether oxygens (including phenoxy) is 1. The standard InChI is InChI=1S/C12H22N2O5S/c1-13(6-4-12(15)16)20(17,18)14(11-2-3-11)8-10-5-7-19-9-10/h10-11H,2-9H2,1H3,(H,15,16). The molecular formula is C12H22N2O5S. The van der Waals surface area contributed by atoms with Crippen LogP contribution in [0.2, 0.25) is 0 Å². The zero-order chi connectivity index (χ0) is 14.8. The van der Waals surface area contributed by atoms with E-state index in [1.165, 1.54) is 11.4 Å². The Morgan fingerprint density at radius 3 is 2.55 bits per heavy atom. The molecule has 2 fully saturated rings. The third-order valence-electron chi connectivity index (χ3n) is 3.75. The van der Waals surface area contributed by atoms with Gasteiger partial charge in [0.25, 0.3) is 10.2 Å². The number of carboxylic acid groups (broad SMARTS) is 1. The molecule has 1 unspecified atom stereocenters. The van der Waals surface area contributed by atoms with Gasteiger partial charge < -0.3 is 9.84 Å². The monoisotopic (exact) mass is 306 g/mol. The largest absolute Gasteiger partial charge is 0.481 e. The third kappa shape index (κ3) is 3.91. The van der Waals surface area contributed by atoms with Gasteiger partial charge in [-0.3, -0.25) is 4.79 Å². The lowest BCUT2D eigenvalue weighted by atomic mass is 10.1. The van der Waals surface area contributed by atoms with Crippen molar-refractivity contribution in [2.24, 2.45) is 5.92 Å². The molecule has 1 aliphatic heterocycles. The Bertz CT molecular complexity index is 443. The lowest BCUT2D eigenvalue weighted by Crippen LogP contribution is -2.46. The lowest BCUT2D eigenvalue weighted by molar-refractivity contribution is -0.137. The minimum absolute atomic E-state index is 0.00204. The van der Waals surface area contributed by atoms with Crippen molar-refractivity contribution < 1.29 is 23.1 Å². The van der Waals surface area contributed by atoms with E-state index < -0.39 is 16.2 Å². The van der Waals surface area contributed by atoms with Crippen LogP contribution >= 0.6 is 0 Å². The lowest BCUT2D eigenvalue weighted by Gasteiger charge is -2.29. The molecule has 0 bridgehead atoms. The highest BCUT2D eigenvalue weighted by Crippen LogP contribution is 2.32. The summed E-state index contributed by atoms with van der Waals surface area (Å²) in [4.78, 5) is 10.6. The number of rotatable bonds is 8. The minimum atomic E-state index is -3.57. The summed E-state index contributed by atoms with van der Waals surface area (Å²) in [7, 11) is -2.13. The van der Waals surface area contributed by atoms with Crippen LogP contribution in [0.5, 0.6) is 0 Å². The molecule has 1 atom stereocenters. The molecule has 2 aliphatic rings. The first-order valence-corrected chi connectivity index (χ1v) is 8.33. The molecule has 1 aliphatic carbocycles. The average molecular weight is 306 g/mol. The summed E-state index contributed by atoms with van der Waals surface area (Å²) < 4.78 is 33.0. The zero-order valence-electron chi connectivity index (χ0n) is 11.7. The van der Waals surface area contributed by atoms with Crippen molar-refractivity contribution >= 4 is 16.2 Å². The molecule has 0 spiro atoms. The summed E-state index contributed by atoms with van der Waals surface area (Å²) in [5.41, 5.74) is 0. The SMILES string of the molecule is CN(CCC(=O)O)S(=O)(=O)N(CC1CCOC1)C1CC1. The molecule has 0 aromatic carbocycles. The number of nitrogens with zero attached hydrogens (tertiary/aromatic N) is 2. The number of carbonyl (C=O) groups is 1. The van der Waals surface area contributed by atoms with E-state index in [2.05, 4.69) is 0 Å². The van der Waals surface area contributed by atoms with Gasteiger partial charge in [0, 0.05) is 32.8 Å². The van der Waals surface area contributed by atoms with Gasteiger partial charge in [0.2, 0.25) is 0 Å². The van der Waals surface area contributed by atoms with E-state index in [-0.39, 0.29) is 24.9 Å². The number of carboxylic acids is 1. The van der Waals surface area contributed by atoms with Crippen LogP contribution in [0.25, 0.3) is 0 Å². The molecule has 0 aromatic rings. The fourth-order valence-corrected chi connectivity index (χ4v) is 3.99. The van der Waals surface area contributed by atoms with Gasteiger partial charge in [0.05, 0.1) is 13.0 Å². The summed E-state index contributed by atoms with van der Waals surface area (Å²) in [5.74, 6) is -0.743. The van der Waals surface area contributed by atoms with Gasteiger partial charge in [-0.25, -0.2) is 0 Å². The van der Waals surface area contributed by atoms with Crippen LogP contribution in [0.3, 0.4) is 0 Å². The molecule has 1 saturated heterocycles. The highest BCUT2D eigenvalue weighted by molar-refractivity contribution is 7.86. The van der Waals surface area contributed by atoms with E-state index in [1.807, 2.05) is 0 Å². The molecule has 0 radical (unpaired) electrons. The van der Waals surface area contributed by atoms with Crippen molar-refractivity contribution in [3.05, 3.63) is 0 Å². The van der Waals surface area contributed by atoms with Gasteiger partial charge >= 0.3 is 5.97 Å². The predicted octanol–water partition coefficient (Wildman–Crippen LogP) is 0.139. The average Bonchev–Trinajstić information content (AvgIpc) is 3.09. The summed E-state index contributed by atoms with van der Waals surface area (Å²) in [6.45, 7) is 1.78. The topological polar surface area (TPSA) is 87.2 Å². The fraction of sp³-hybridized carbons (Fsp3) is 0.917. The summed E-state index contributed by atoms with van der Waals surface area (Å²) in [6.07, 6.45) is 2.48. The van der Waals surface area contributed by atoms with E-state index in [0.717, 1.165) is 23.6 Å². The van der Waals surface area contributed by atoms with Crippen molar-refractivity contribution in [2.75, 3.05) is 33.4 Å². The highest BCUT2D eigenvalue weighted by Gasteiger charge is 2.40. The van der Waals surface area contributed by atoms with E-state index in [4.69, 9.17) is 9.84 Å². The van der Waals surface area contributed by atoms with Gasteiger partial charge in [-0.15, -0.1) is 0 Å². The maximum atomic E-state index is 12.5. The normalized spacial score (nSPS) is 23.6. The van der Waals surface area contributed by atoms with Crippen LogP contribution in [-0.4, -0.2) is 67.5 Å². The Labute approximate surface area is 119 Å². The molecule has 2 rings (SSSR count). The Balaban J connectivity index is 2.00. The van der Waals surface area contributed by atoms with Crippen LogP contribution in [-0.2, 0) is 19.7 Å². The van der Waals surface area contributed by atoms with Crippen molar-refractivity contribution in [1.82, 2.24) is 8.61 Å². The maximum absolute atomic E-state index is 12.5. The Morgan fingerprint density at radius 2 is 2.05 bits per heavy atom. The van der Waals surface area contributed by atoms with Crippen molar-refractivity contribution in [1.29, 1.82) is 0 Å². The molecule has 0 amide bonds. The second-order valence-corrected chi connectivity index (χ2v) is 7.49. The third-order valence-corrected chi connectivity index (χ3v) is 5.76.